The third-order valence-electron chi connectivity index (χ3n) is 2.71. The van der Waals surface area contributed by atoms with Crippen LogP contribution in [-0.4, -0.2) is 28.8 Å². The van der Waals surface area contributed by atoms with Crippen molar-refractivity contribution in [1.29, 1.82) is 0 Å². The lowest BCUT2D eigenvalue weighted by Gasteiger charge is -2.32. The fourth-order valence-corrected chi connectivity index (χ4v) is 1.97. The molecule has 3 atom stereocenters. The number of furan rings is 1. The third-order valence-corrected chi connectivity index (χ3v) is 2.71. The van der Waals surface area contributed by atoms with Crippen molar-refractivity contribution in [2.24, 2.45) is 5.92 Å². The van der Waals surface area contributed by atoms with E-state index >= 15 is 0 Å². The van der Waals surface area contributed by atoms with E-state index in [4.69, 9.17) is 9.52 Å². The summed E-state index contributed by atoms with van der Waals surface area (Å²) in [4.78, 5) is 11.0. The van der Waals surface area contributed by atoms with Crippen molar-refractivity contribution in [1.82, 2.24) is 5.32 Å². The first-order chi connectivity index (χ1) is 7.20. The molecule has 0 radical (unpaired) electrons. The Kier molecular flexibility index (Phi) is 2.75. The van der Waals surface area contributed by atoms with Crippen LogP contribution in [0.1, 0.15) is 18.2 Å². The number of carboxylic acid groups (broad SMARTS) is 1. The summed E-state index contributed by atoms with van der Waals surface area (Å²) in [5.74, 6) is -1.29. The molecule has 0 amide bonds. The lowest BCUT2D eigenvalue weighted by molar-refractivity contribution is -0.149. The average molecular weight is 211 g/mol. The molecule has 1 aromatic rings. The molecule has 1 aromatic heterocycles. The Hall–Kier alpha value is -1.33. The van der Waals surface area contributed by atoms with E-state index in [-0.39, 0.29) is 0 Å². The van der Waals surface area contributed by atoms with Crippen LogP contribution in [0.5, 0.6) is 0 Å². The Labute approximate surface area is 86.7 Å². The number of nitrogens with one attached hydrogen (secondary N) is 1. The largest absolute Gasteiger partial charge is 0.481 e. The molecule has 2 rings (SSSR count). The number of hydrogen-bond acceptors (Lipinski definition) is 4. The zero-order chi connectivity index (χ0) is 10.8. The van der Waals surface area contributed by atoms with Gasteiger partial charge in [-0.15, -0.1) is 0 Å². The van der Waals surface area contributed by atoms with Gasteiger partial charge in [-0.25, -0.2) is 0 Å². The van der Waals surface area contributed by atoms with E-state index in [0.717, 1.165) is 0 Å². The molecule has 5 heteroatoms. The third kappa shape index (κ3) is 1.88. The Morgan fingerprint density at radius 2 is 2.40 bits per heavy atom. The predicted molar refractivity (Wildman–Crippen MR) is 51.2 cm³/mol. The highest BCUT2D eigenvalue weighted by molar-refractivity contribution is 5.72. The van der Waals surface area contributed by atoms with Gasteiger partial charge in [-0.2, -0.15) is 0 Å². The summed E-state index contributed by atoms with van der Waals surface area (Å²) < 4.78 is 5.16. The van der Waals surface area contributed by atoms with Crippen LogP contribution in [-0.2, 0) is 4.79 Å². The normalized spacial score (nSPS) is 31.4. The minimum absolute atomic E-state index is 0.443. The number of piperidine rings is 1. The van der Waals surface area contributed by atoms with Crippen molar-refractivity contribution in [3.05, 3.63) is 24.2 Å². The van der Waals surface area contributed by atoms with Crippen molar-refractivity contribution in [3.63, 3.8) is 0 Å². The van der Waals surface area contributed by atoms with Crippen molar-refractivity contribution in [3.8, 4) is 0 Å². The minimum Gasteiger partial charge on any atom is -0.481 e. The highest BCUT2D eigenvalue weighted by Crippen LogP contribution is 2.29. The van der Waals surface area contributed by atoms with Crippen LogP contribution in [0.25, 0.3) is 0 Å². The summed E-state index contributed by atoms with van der Waals surface area (Å²) >= 11 is 0. The quantitative estimate of drug-likeness (QED) is 0.658. The maximum Gasteiger partial charge on any atom is 0.311 e. The number of rotatable bonds is 2. The van der Waals surface area contributed by atoms with Gasteiger partial charge in [0, 0.05) is 0 Å². The van der Waals surface area contributed by atoms with Gasteiger partial charge >= 0.3 is 5.97 Å². The first-order valence-electron chi connectivity index (χ1n) is 4.88. The molecule has 1 saturated heterocycles. The highest BCUT2D eigenvalue weighted by atomic mass is 16.4. The van der Waals surface area contributed by atoms with Crippen molar-refractivity contribution >= 4 is 5.97 Å². The molecule has 15 heavy (non-hydrogen) atoms. The molecule has 0 aromatic carbocycles. The standard InChI is InChI=1S/C10H13NO4/c12-6-3-4-11-9(8(6)10(13)14)7-2-1-5-15-7/h1-2,5-6,8-9,11-12H,3-4H2,(H,13,14). The van der Waals surface area contributed by atoms with Crippen LogP contribution in [0.15, 0.2) is 22.8 Å². The number of aliphatic hydroxyl groups excluding tert-OH is 1. The maximum absolute atomic E-state index is 11.0. The van der Waals surface area contributed by atoms with Crippen molar-refractivity contribution in [2.45, 2.75) is 18.6 Å². The van der Waals surface area contributed by atoms with Gasteiger partial charge in [-0.05, 0) is 25.1 Å². The Bertz CT molecular complexity index is 335. The number of aliphatic carboxylic acids is 1. The summed E-state index contributed by atoms with van der Waals surface area (Å²) in [6.45, 7) is 0.594. The molecule has 2 heterocycles. The van der Waals surface area contributed by atoms with E-state index in [1.807, 2.05) is 0 Å². The molecular formula is C10H13NO4. The predicted octanol–water partition coefficient (Wildman–Crippen LogP) is 0.376. The van der Waals surface area contributed by atoms with E-state index in [9.17, 15) is 9.90 Å². The first-order valence-corrected chi connectivity index (χ1v) is 4.88. The summed E-state index contributed by atoms with van der Waals surface area (Å²) in [6, 6.07) is 2.98. The highest BCUT2D eigenvalue weighted by Gasteiger charge is 2.39. The molecule has 0 aliphatic carbocycles. The Morgan fingerprint density at radius 3 is 3.00 bits per heavy atom. The summed E-state index contributed by atoms with van der Waals surface area (Å²) in [5, 5.41) is 21.7. The van der Waals surface area contributed by atoms with Gasteiger partial charge in [0.25, 0.3) is 0 Å². The maximum atomic E-state index is 11.0. The van der Waals surface area contributed by atoms with E-state index < -0.39 is 24.0 Å². The van der Waals surface area contributed by atoms with Gasteiger partial charge in [-0.1, -0.05) is 0 Å². The topological polar surface area (TPSA) is 82.7 Å². The molecule has 5 nitrogen and oxygen atoms in total. The van der Waals surface area contributed by atoms with Gasteiger partial charge in [-0.3, -0.25) is 4.79 Å². The van der Waals surface area contributed by atoms with Gasteiger partial charge in [0.15, 0.2) is 0 Å². The molecule has 0 bridgehead atoms. The smallest absolute Gasteiger partial charge is 0.311 e. The van der Waals surface area contributed by atoms with Crippen molar-refractivity contribution < 1.29 is 19.4 Å². The lowest BCUT2D eigenvalue weighted by atomic mass is 9.87. The van der Waals surface area contributed by atoms with Gasteiger partial charge in [0.1, 0.15) is 11.7 Å². The molecule has 82 valence electrons. The van der Waals surface area contributed by atoms with Crippen LogP contribution in [0.2, 0.25) is 0 Å². The van der Waals surface area contributed by atoms with E-state index in [1.165, 1.54) is 6.26 Å². The van der Waals surface area contributed by atoms with E-state index in [2.05, 4.69) is 5.32 Å². The second-order valence-corrected chi connectivity index (χ2v) is 3.67. The fraction of sp³-hybridized carbons (Fsp3) is 0.500. The van der Waals surface area contributed by atoms with Crippen LogP contribution in [0, 0.1) is 5.92 Å². The molecule has 1 aliphatic rings. The average Bonchev–Trinajstić information content (AvgIpc) is 2.69. The van der Waals surface area contributed by atoms with Gasteiger partial charge < -0.3 is 19.9 Å². The monoisotopic (exact) mass is 211 g/mol. The molecule has 1 fully saturated rings. The fourth-order valence-electron chi connectivity index (χ4n) is 1.97. The van der Waals surface area contributed by atoms with Gasteiger partial charge in [0.2, 0.25) is 0 Å². The second kappa shape index (κ2) is 4.04. The van der Waals surface area contributed by atoms with Crippen LogP contribution in [0.4, 0.5) is 0 Å². The molecule has 0 spiro atoms. The van der Waals surface area contributed by atoms with E-state index in [1.54, 1.807) is 12.1 Å². The zero-order valence-corrected chi connectivity index (χ0v) is 8.09. The van der Waals surface area contributed by atoms with Gasteiger partial charge in [0.05, 0.1) is 18.4 Å². The SMILES string of the molecule is O=C(O)C1C(O)CCNC1c1ccco1. The molecule has 1 aliphatic heterocycles. The number of hydrogen-bond donors (Lipinski definition) is 3. The van der Waals surface area contributed by atoms with Crippen LogP contribution in [0.3, 0.4) is 0 Å². The van der Waals surface area contributed by atoms with E-state index in [0.29, 0.717) is 18.7 Å². The molecule has 3 unspecified atom stereocenters. The van der Waals surface area contributed by atoms with Crippen LogP contribution < -0.4 is 5.32 Å². The summed E-state index contributed by atoms with van der Waals surface area (Å²) in [7, 11) is 0. The molecule has 3 N–H and O–H groups in total. The van der Waals surface area contributed by atoms with Crippen molar-refractivity contribution in [2.75, 3.05) is 6.54 Å². The summed E-state index contributed by atoms with van der Waals surface area (Å²) in [5.41, 5.74) is 0. The summed E-state index contributed by atoms with van der Waals surface area (Å²) in [6.07, 6.45) is 1.13. The Balaban J connectivity index is 2.24. The first kappa shape index (κ1) is 10.2. The number of carbonyl (C=O) groups is 1. The van der Waals surface area contributed by atoms with Crippen LogP contribution >= 0.6 is 0 Å². The minimum atomic E-state index is -1.00. The second-order valence-electron chi connectivity index (χ2n) is 3.67. The number of carboxylic acids is 1. The molecular weight excluding hydrogens is 198 g/mol. The Morgan fingerprint density at radius 1 is 1.60 bits per heavy atom. The molecule has 0 saturated carbocycles. The number of aliphatic hydroxyl groups is 1. The lowest BCUT2D eigenvalue weighted by Crippen LogP contribution is -2.46. The zero-order valence-electron chi connectivity index (χ0n) is 8.09.